The van der Waals surface area contributed by atoms with E-state index in [1.165, 1.54) is 15.6 Å². The van der Waals surface area contributed by atoms with Gasteiger partial charge in [-0.25, -0.2) is 9.71 Å². The Morgan fingerprint density at radius 2 is 2.16 bits per heavy atom. The van der Waals surface area contributed by atoms with Gasteiger partial charge in [0.25, 0.3) is 10.2 Å². The van der Waals surface area contributed by atoms with Crippen LogP contribution in [0.4, 0.5) is 0 Å². The maximum atomic E-state index is 12.1. The summed E-state index contributed by atoms with van der Waals surface area (Å²) >= 11 is 1.53. The molecule has 1 aliphatic rings. The van der Waals surface area contributed by atoms with Crippen LogP contribution in [0.5, 0.6) is 0 Å². The van der Waals surface area contributed by atoms with Gasteiger partial charge in [-0.3, -0.25) is 0 Å². The molecule has 0 amide bonds. The van der Waals surface area contributed by atoms with Gasteiger partial charge >= 0.3 is 0 Å². The number of hydrogen-bond acceptors (Lipinski definition) is 5. The Morgan fingerprint density at radius 1 is 1.47 bits per heavy atom. The van der Waals surface area contributed by atoms with E-state index in [4.69, 9.17) is 4.74 Å². The highest BCUT2D eigenvalue weighted by Crippen LogP contribution is 2.13. The SMILES string of the molecule is CC1CN(S(=O)(=O)NCCc2nccs2)CC(C)O1. The zero-order valence-corrected chi connectivity index (χ0v) is 12.7. The maximum absolute atomic E-state index is 12.1. The Hall–Kier alpha value is -0.540. The van der Waals surface area contributed by atoms with Crippen LogP contribution in [0.2, 0.25) is 0 Å². The molecular formula is C11H19N3O3S2. The Kier molecular flexibility index (Phi) is 4.91. The summed E-state index contributed by atoms with van der Waals surface area (Å²) in [5, 5.41) is 2.82. The second-order valence-electron chi connectivity index (χ2n) is 4.65. The molecular weight excluding hydrogens is 286 g/mol. The van der Waals surface area contributed by atoms with Crippen LogP contribution in [0.1, 0.15) is 18.9 Å². The molecule has 0 bridgehead atoms. The Balaban J connectivity index is 1.87. The standard InChI is InChI=1S/C11H19N3O3S2/c1-9-7-14(8-10(2)17-9)19(15,16)13-4-3-11-12-5-6-18-11/h5-6,9-10,13H,3-4,7-8H2,1-2H3. The first kappa shape index (κ1) is 14.9. The molecule has 2 rings (SSSR count). The van der Waals surface area contributed by atoms with Gasteiger partial charge in [0.1, 0.15) is 0 Å². The van der Waals surface area contributed by atoms with Crippen LogP contribution in [0.25, 0.3) is 0 Å². The summed E-state index contributed by atoms with van der Waals surface area (Å²) in [5.41, 5.74) is 0. The van der Waals surface area contributed by atoms with Gasteiger partial charge in [0, 0.05) is 37.6 Å². The van der Waals surface area contributed by atoms with Gasteiger partial charge in [0.15, 0.2) is 0 Å². The van der Waals surface area contributed by atoms with Crippen LogP contribution >= 0.6 is 11.3 Å². The predicted molar refractivity (Wildman–Crippen MR) is 74.3 cm³/mol. The lowest BCUT2D eigenvalue weighted by Gasteiger charge is -2.34. The average molecular weight is 305 g/mol. The summed E-state index contributed by atoms with van der Waals surface area (Å²) in [6.45, 7) is 4.94. The van der Waals surface area contributed by atoms with E-state index in [1.807, 2.05) is 19.2 Å². The minimum absolute atomic E-state index is 0.0701. The zero-order chi connectivity index (χ0) is 13.9. The molecule has 0 aliphatic carbocycles. The van der Waals surface area contributed by atoms with Crippen molar-refractivity contribution < 1.29 is 13.2 Å². The van der Waals surface area contributed by atoms with Gasteiger partial charge in [0.2, 0.25) is 0 Å². The molecule has 108 valence electrons. The van der Waals surface area contributed by atoms with Crippen LogP contribution in [0.15, 0.2) is 11.6 Å². The minimum atomic E-state index is -3.42. The highest BCUT2D eigenvalue weighted by Gasteiger charge is 2.30. The summed E-state index contributed by atoms with van der Waals surface area (Å²) in [5.74, 6) is 0. The van der Waals surface area contributed by atoms with Gasteiger partial charge in [-0.05, 0) is 13.8 Å². The predicted octanol–water partition coefficient (Wildman–Crippen LogP) is 0.629. The van der Waals surface area contributed by atoms with Crippen LogP contribution in [-0.4, -0.2) is 49.5 Å². The third-order valence-electron chi connectivity index (χ3n) is 2.83. The topological polar surface area (TPSA) is 71.5 Å². The number of aromatic nitrogens is 1. The van der Waals surface area contributed by atoms with Gasteiger partial charge in [0.05, 0.1) is 17.2 Å². The first-order valence-electron chi connectivity index (χ1n) is 6.26. The number of ether oxygens (including phenoxy) is 1. The largest absolute Gasteiger partial charge is 0.373 e. The van der Waals surface area contributed by atoms with E-state index >= 15 is 0 Å². The van der Waals surface area contributed by atoms with Crippen molar-refractivity contribution >= 4 is 21.5 Å². The summed E-state index contributed by atoms with van der Waals surface area (Å²) in [6, 6.07) is 0. The van der Waals surface area contributed by atoms with Crippen molar-refractivity contribution in [3.63, 3.8) is 0 Å². The lowest BCUT2D eigenvalue weighted by atomic mass is 10.3. The molecule has 19 heavy (non-hydrogen) atoms. The Morgan fingerprint density at radius 3 is 2.74 bits per heavy atom. The van der Waals surface area contributed by atoms with Gasteiger partial charge in [-0.2, -0.15) is 12.7 Å². The van der Waals surface area contributed by atoms with Crippen molar-refractivity contribution in [1.29, 1.82) is 0 Å². The fraction of sp³-hybridized carbons (Fsp3) is 0.727. The molecule has 0 saturated carbocycles. The number of nitrogens with zero attached hydrogens (tertiary/aromatic N) is 2. The number of rotatable bonds is 5. The number of nitrogens with one attached hydrogen (secondary N) is 1. The number of morpholine rings is 1. The molecule has 0 spiro atoms. The molecule has 1 fully saturated rings. The monoisotopic (exact) mass is 305 g/mol. The van der Waals surface area contributed by atoms with Crippen molar-refractivity contribution in [2.45, 2.75) is 32.5 Å². The lowest BCUT2D eigenvalue weighted by Crippen LogP contribution is -2.52. The Bertz CT molecular complexity index is 479. The third kappa shape index (κ3) is 4.22. The molecule has 0 aromatic carbocycles. The van der Waals surface area contributed by atoms with Gasteiger partial charge in [-0.15, -0.1) is 11.3 Å². The zero-order valence-electron chi connectivity index (χ0n) is 11.1. The van der Waals surface area contributed by atoms with E-state index in [0.717, 1.165) is 5.01 Å². The lowest BCUT2D eigenvalue weighted by molar-refractivity contribution is -0.0443. The fourth-order valence-electron chi connectivity index (χ4n) is 2.08. The van der Waals surface area contributed by atoms with Crippen molar-refractivity contribution in [3.05, 3.63) is 16.6 Å². The number of hydrogen-bond donors (Lipinski definition) is 1. The molecule has 0 radical (unpaired) electrons. The molecule has 8 heteroatoms. The van der Waals surface area contributed by atoms with E-state index in [-0.39, 0.29) is 12.2 Å². The smallest absolute Gasteiger partial charge is 0.279 e. The molecule has 1 aromatic heterocycles. The highest BCUT2D eigenvalue weighted by molar-refractivity contribution is 7.87. The van der Waals surface area contributed by atoms with E-state index < -0.39 is 10.2 Å². The molecule has 2 unspecified atom stereocenters. The van der Waals surface area contributed by atoms with Crippen molar-refractivity contribution in [1.82, 2.24) is 14.0 Å². The normalized spacial score (nSPS) is 25.6. The Labute approximate surface area is 118 Å². The quantitative estimate of drug-likeness (QED) is 0.866. The van der Waals surface area contributed by atoms with Crippen molar-refractivity contribution in [2.75, 3.05) is 19.6 Å². The summed E-state index contributed by atoms with van der Waals surface area (Å²) < 4.78 is 33.9. The van der Waals surface area contributed by atoms with Crippen LogP contribution in [-0.2, 0) is 21.4 Å². The van der Waals surface area contributed by atoms with Crippen LogP contribution in [0.3, 0.4) is 0 Å². The molecule has 1 aliphatic heterocycles. The number of thiazole rings is 1. The van der Waals surface area contributed by atoms with Gasteiger partial charge < -0.3 is 4.74 Å². The van der Waals surface area contributed by atoms with Crippen LogP contribution < -0.4 is 4.72 Å². The molecule has 1 saturated heterocycles. The first-order valence-corrected chi connectivity index (χ1v) is 8.58. The first-order chi connectivity index (χ1) is 8.97. The van der Waals surface area contributed by atoms with Gasteiger partial charge in [-0.1, -0.05) is 0 Å². The summed E-state index contributed by atoms with van der Waals surface area (Å²) in [7, 11) is -3.42. The van der Waals surface area contributed by atoms with E-state index in [9.17, 15) is 8.42 Å². The molecule has 2 atom stereocenters. The second kappa shape index (κ2) is 6.27. The second-order valence-corrected chi connectivity index (χ2v) is 7.38. The fourth-order valence-corrected chi connectivity index (χ4v) is 4.06. The van der Waals surface area contributed by atoms with E-state index in [2.05, 4.69) is 9.71 Å². The van der Waals surface area contributed by atoms with Crippen molar-refractivity contribution in [3.8, 4) is 0 Å². The molecule has 1 N–H and O–H groups in total. The summed E-state index contributed by atoms with van der Waals surface area (Å²) in [4.78, 5) is 4.12. The van der Waals surface area contributed by atoms with E-state index in [1.54, 1.807) is 6.20 Å². The molecule has 1 aromatic rings. The van der Waals surface area contributed by atoms with Crippen molar-refractivity contribution in [2.24, 2.45) is 0 Å². The minimum Gasteiger partial charge on any atom is -0.373 e. The van der Waals surface area contributed by atoms with E-state index in [0.29, 0.717) is 26.1 Å². The molecule has 6 nitrogen and oxygen atoms in total. The van der Waals surface area contributed by atoms with Crippen LogP contribution in [0, 0.1) is 0 Å². The third-order valence-corrected chi connectivity index (χ3v) is 5.22. The summed E-state index contributed by atoms with van der Waals surface area (Å²) in [6.07, 6.45) is 2.20. The molecule has 2 heterocycles. The average Bonchev–Trinajstić information content (AvgIpc) is 2.80. The highest BCUT2D eigenvalue weighted by atomic mass is 32.2. The maximum Gasteiger partial charge on any atom is 0.279 e.